The molecular formula is C12H13NO6. The lowest BCUT2D eigenvalue weighted by molar-refractivity contribution is -0.144. The second-order valence-corrected chi connectivity index (χ2v) is 3.76. The molecule has 1 atom stereocenters. The van der Waals surface area contributed by atoms with Crippen molar-refractivity contribution in [1.82, 2.24) is 0 Å². The van der Waals surface area contributed by atoms with E-state index in [2.05, 4.69) is 5.32 Å². The molecule has 1 rings (SSSR count). The number of hydrogen-bond donors (Lipinski definition) is 3. The molecule has 0 saturated heterocycles. The van der Waals surface area contributed by atoms with Crippen LogP contribution in [0.3, 0.4) is 0 Å². The maximum absolute atomic E-state index is 11.5. The molecule has 0 aliphatic carbocycles. The minimum atomic E-state index is -1.21. The Bertz CT molecular complexity index is 481. The SMILES string of the molecule is CC(C(=O)O)C(=O)Nc1ccc(OCC(=O)O)cc1. The molecule has 1 amide bonds. The van der Waals surface area contributed by atoms with E-state index in [1.54, 1.807) is 0 Å². The van der Waals surface area contributed by atoms with Crippen LogP contribution in [-0.2, 0) is 14.4 Å². The van der Waals surface area contributed by atoms with Gasteiger partial charge in [0.25, 0.3) is 0 Å². The number of rotatable bonds is 6. The van der Waals surface area contributed by atoms with Crippen LogP contribution >= 0.6 is 0 Å². The smallest absolute Gasteiger partial charge is 0.341 e. The highest BCUT2D eigenvalue weighted by Gasteiger charge is 2.20. The second kappa shape index (κ2) is 6.39. The van der Waals surface area contributed by atoms with Gasteiger partial charge in [-0.1, -0.05) is 0 Å². The summed E-state index contributed by atoms with van der Waals surface area (Å²) in [4.78, 5) is 32.3. The van der Waals surface area contributed by atoms with Gasteiger partial charge < -0.3 is 20.3 Å². The van der Waals surface area contributed by atoms with Crippen LogP contribution in [-0.4, -0.2) is 34.7 Å². The second-order valence-electron chi connectivity index (χ2n) is 3.76. The summed E-state index contributed by atoms with van der Waals surface area (Å²) in [6.07, 6.45) is 0. The van der Waals surface area contributed by atoms with Gasteiger partial charge in [-0.15, -0.1) is 0 Å². The molecule has 0 spiro atoms. The zero-order valence-electron chi connectivity index (χ0n) is 10.1. The highest BCUT2D eigenvalue weighted by Crippen LogP contribution is 2.16. The van der Waals surface area contributed by atoms with Crippen LogP contribution in [0, 0.1) is 5.92 Å². The number of nitrogens with one attached hydrogen (secondary N) is 1. The topological polar surface area (TPSA) is 113 Å². The van der Waals surface area contributed by atoms with E-state index in [-0.39, 0.29) is 0 Å². The van der Waals surface area contributed by atoms with Gasteiger partial charge in [0.05, 0.1) is 0 Å². The molecule has 0 bridgehead atoms. The summed E-state index contributed by atoms with van der Waals surface area (Å²) in [5, 5.41) is 19.5. The maximum Gasteiger partial charge on any atom is 0.341 e. The van der Waals surface area contributed by atoms with Crippen molar-refractivity contribution in [3.05, 3.63) is 24.3 Å². The highest BCUT2D eigenvalue weighted by molar-refractivity contribution is 6.03. The van der Waals surface area contributed by atoms with Crippen molar-refractivity contribution in [2.24, 2.45) is 5.92 Å². The van der Waals surface area contributed by atoms with E-state index >= 15 is 0 Å². The average Bonchev–Trinajstić information content (AvgIpc) is 2.36. The molecule has 1 unspecified atom stereocenters. The van der Waals surface area contributed by atoms with Gasteiger partial charge >= 0.3 is 11.9 Å². The summed E-state index contributed by atoms with van der Waals surface area (Å²) in [6.45, 7) is 0.823. The van der Waals surface area contributed by atoms with Crippen LogP contribution in [0.4, 0.5) is 5.69 Å². The molecule has 3 N–H and O–H groups in total. The van der Waals surface area contributed by atoms with Gasteiger partial charge in [0.2, 0.25) is 5.91 Å². The van der Waals surface area contributed by atoms with Crippen molar-refractivity contribution in [1.29, 1.82) is 0 Å². The number of carboxylic acids is 2. The molecule has 1 aromatic carbocycles. The third-order valence-electron chi connectivity index (χ3n) is 2.25. The minimum Gasteiger partial charge on any atom is -0.482 e. The highest BCUT2D eigenvalue weighted by atomic mass is 16.5. The summed E-state index contributed by atoms with van der Waals surface area (Å²) < 4.78 is 4.91. The van der Waals surface area contributed by atoms with Crippen molar-refractivity contribution in [3.63, 3.8) is 0 Å². The van der Waals surface area contributed by atoms with Gasteiger partial charge in [-0.05, 0) is 31.2 Å². The lowest BCUT2D eigenvalue weighted by Gasteiger charge is -2.09. The summed E-state index contributed by atoms with van der Waals surface area (Å²) >= 11 is 0. The number of hydrogen-bond acceptors (Lipinski definition) is 4. The third-order valence-corrected chi connectivity index (χ3v) is 2.25. The number of carboxylic acid groups (broad SMARTS) is 2. The van der Waals surface area contributed by atoms with Gasteiger partial charge in [-0.25, -0.2) is 4.79 Å². The first-order chi connectivity index (χ1) is 8.90. The number of aliphatic carboxylic acids is 2. The van der Waals surface area contributed by atoms with Gasteiger partial charge in [-0.3, -0.25) is 9.59 Å². The minimum absolute atomic E-state index is 0.340. The van der Waals surface area contributed by atoms with Crippen molar-refractivity contribution in [2.45, 2.75) is 6.92 Å². The lowest BCUT2D eigenvalue weighted by Crippen LogP contribution is -2.26. The van der Waals surface area contributed by atoms with Crippen LogP contribution < -0.4 is 10.1 Å². The first-order valence-electron chi connectivity index (χ1n) is 5.38. The van der Waals surface area contributed by atoms with Crippen molar-refractivity contribution >= 4 is 23.5 Å². The molecule has 19 heavy (non-hydrogen) atoms. The van der Waals surface area contributed by atoms with Crippen LogP contribution in [0.25, 0.3) is 0 Å². The zero-order valence-corrected chi connectivity index (χ0v) is 10.1. The van der Waals surface area contributed by atoms with Crippen LogP contribution in [0.1, 0.15) is 6.92 Å². The molecule has 0 saturated carbocycles. The molecule has 0 aliphatic rings. The number of carbonyl (C=O) groups excluding carboxylic acids is 1. The van der Waals surface area contributed by atoms with E-state index in [0.29, 0.717) is 11.4 Å². The standard InChI is InChI=1S/C12H13NO6/c1-7(12(17)18)11(16)13-8-2-4-9(5-3-8)19-6-10(14)15/h2-5,7H,6H2,1H3,(H,13,16)(H,14,15)(H,17,18). The zero-order chi connectivity index (χ0) is 14.4. The van der Waals surface area contributed by atoms with Crippen LogP contribution in [0.2, 0.25) is 0 Å². The molecule has 102 valence electrons. The Hall–Kier alpha value is -2.57. The number of benzene rings is 1. The first kappa shape index (κ1) is 14.5. The Morgan fingerprint density at radius 3 is 2.26 bits per heavy atom. The largest absolute Gasteiger partial charge is 0.482 e. The van der Waals surface area contributed by atoms with E-state index in [0.717, 1.165) is 0 Å². The molecule has 7 nitrogen and oxygen atoms in total. The fraction of sp³-hybridized carbons (Fsp3) is 0.250. The number of carbonyl (C=O) groups is 3. The predicted molar refractivity (Wildman–Crippen MR) is 65.0 cm³/mol. The normalized spacial score (nSPS) is 11.4. The van der Waals surface area contributed by atoms with E-state index < -0.39 is 30.4 Å². The Morgan fingerprint density at radius 2 is 1.79 bits per heavy atom. The number of ether oxygens (including phenoxy) is 1. The van der Waals surface area contributed by atoms with E-state index in [9.17, 15) is 14.4 Å². The molecule has 0 aliphatic heterocycles. The summed E-state index contributed by atoms with van der Waals surface area (Å²) in [5.74, 6) is -3.74. The number of amides is 1. The Balaban J connectivity index is 2.59. The molecule has 7 heteroatoms. The molecular weight excluding hydrogens is 254 g/mol. The summed E-state index contributed by atoms with van der Waals surface area (Å²) in [5.41, 5.74) is 0.403. The van der Waals surface area contributed by atoms with Crippen LogP contribution in [0.15, 0.2) is 24.3 Å². The molecule has 0 heterocycles. The van der Waals surface area contributed by atoms with Gasteiger partial charge in [0.15, 0.2) is 6.61 Å². The quantitative estimate of drug-likeness (QED) is 0.657. The Labute approximate surface area is 108 Å². The third kappa shape index (κ3) is 4.66. The van der Waals surface area contributed by atoms with Crippen molar-refractivity contribution in [2.75, 3.05) is 11.9 Å². The fourth-order valence-corrected chi connectivity index (χ4v) is 1.14. The van der Waals surface area contributed by atoms with Gasteiger partial charge in [0, 0.05) is 5.69 Å². The molecule has 0 fully saturated rings. The maximum atomic E-state index is 11.5. The van der Waals surface area contributed by atoms with E-state index in [4.69, 9.17) is 14.9 Å². The molecule has 0 radical (unpaired) electrons. The van der Waals surface area contributed by atoms with Gasteiger partial charge in [-0.2, -0.15) is 0 Å². The van der Waals surface area contributed by atoms with Crippen molar-refractivity contribution < 1.29 is 29.3 Å². The van der Waals surface area contributed by atoms with Crippen molar-refractivity contribution in [3.8, 4) is 5.75 Å². The molecule has 1 aromatic rings. The lowest BCUT2D eigenvalue weighted by atomic mass is 10.1. The van der Waals surface area contributed by atoms with Gasteiger partial charge in [0.1, 0.15) is 11.7 Å². The average molecular weight is 267 g/mol. The molecule has 0 aromatic heterocycles. The Kier molecular flexibility index (Phi) is 4.87. The Morgan fingerprint density at radius 1 is 1.21 bits per heavy atom. The van der Waals surface area contributed by atoms with E-state index in [1.165, 1.54) is 31.2 Å². The van der Waals surface area contributed by atoms with E-state index in [1.807, 2.05) is 0 Å². The monoisotopic (exact) mass is 267 g/mol. The summed E-state index contributed by atoms with van der Waals surface area (Å²) in [6, 6.07) is 5.93. The predicted octanol–water partition coefficient (Wildman–Crippen LogP) is 0.809. The number of anilines is 1. The fourth-order valence-electron chi connectivity index (χ4n) is 1.14. The summed E-state index contributed by atoms with van der Waals surface area (Å²) in [7, 11) is 0. The first-order valence-corrected chi connectivity index (χ1v) is 5.38. The van der Waals surface area contributed by atoms with Crippen LogP contribution in [0.5, 0.6) is 5.75 Å².